The highest BCUT2D eigenvalue weighted by Gasteiger charge is 2.20. The lowest BCUT2D eigenvalue weighted by Crippen LogP contribution is -2.10. The van der Waals surface area contributed by atoms with Gasteiger partial charge in [-0.2, -0.15) is 8.42 Å². The third-order valence-electron chi connectivity index (χ3n) is 3.54. The van der Waals surface area contributed by atoms with E-state index in [1.54, 1.807) is 19.1 Å². The van der Waals surface area contributed by atoms with Crippen molar-refractivity contribution in [2.24, 2.45) is 0 Å². The van der Waals surface area contributed by atoms with Gasteiger partial charge in [-0.05, 0) is 37.6 Å². The molecule has 0 saturated carbocycles. The summed E-state index contributed by atoms with van der Waals surface area (Å²) in [6.07, 6.45) is 0. The first-order valence-corrected chi connectivity index (χ1v) is 8.46. The second-order valence-electron chi connectivity index (χ2n) is 5.42. The summed E-state index contributed by atoms with van der Waals surface area (Å²) in [5.41, 5.74) is 1.09. The highest BCUT2D eigenvalue weighted by molar-refractivity contribution is 7.87. The minimum Gasteiger partial charge on any atom is -0.504 e. The normalized spacial score (nSPS) is 11.6. The zero-order valence-electron chi connectivity index (χ0n) is 12.9. The Balaban J connectivity index is 2.08. The number of aryl methyl sites for hydroxylation is 2. The van der Waals surface area contributed by atoms with Gasteiger partial charge in [-0.3, -0.25) is 0 Å². The monoisotopic (exact) mass is 346 g/mol. The van der Waals surface area contributed by atoms with Crippen molar-refractivity contribution in [2.45, 2.75) is 18.7 Å². The van der Waals surface area contributed by atoms with Crippen LogP contribution < -0.4 is 9.81 Å². The first kappa shape index (κ1) is 16.1. The molecule has 0 unspecified atom stereocenters. The number of rotatable bonds is 3. The number of phenols is 1. The van der Waals surface area contributed by atoms with E-state index in [-0.39, 0.29) is 16.2 Å². The number of benzene rings is 2. The molecule has 0 spiro atoms. The van der Waals surface area contributed by atoms with Crippen LogP contribution in [0.2, 0.25) is 0 Å². The molecule has 0 aliphatic heterocycles. The molecular weight excluding hydrogens is 332 g/mol. The van der Waals surface area contributed by atoms with Gasteiger partial charge in [0.25, 0.3) is 0 Å². The van der Waals surface area contributed by atoms with Crippen molar-refractivity contribution in [2.75, 3.05) is 0 Å². The van der Waals surface area contributed by atoms with Crippen LogP contribution in [0.25, 0.3) is 11.0 Å². The molecule has 0 aliphatic rings. The predicted molar refractivity (Wildman–Crippen MR) is 87.9 cm³/mol. The molecular formula is C17H14O6S. The summed E-state index contributed by atoms with van der Waals surface area (Å²) < 4.78 is 34.7. The van der Waals surface area contributed by atoms with Gasteiger partial charge in [-0.15, -0.1) is 0 Å². The highest BCUT2D eigenvalue weighted by Crippen LogP contribution is 2.34. The molecule has 7 heteroatoms. The van der Waals surface area contributed by atoms with Crippen LogP contribution in [0.3, 0.4) is 0 Å². The molecule has 24 heavy (non-hydrogen) atoms. The Morgan fingerprint density at radius 3 is 2.38 bits per heavy atom. The Bertz CT molecular complexity index is 1080. The zero-order valence-corrected chi connectivity index (χ0v) is 13.8. The summed E-state index contributed by atoms with van der Waals surface area (Å²) in [6, 6.07) is 9.90. The number of aromatic hydroxyl groups is 1. The van der Waals surface area contributed by atoms with E-state index < -0.39 is 21.5 Å². The van der Waals surface area contributed by atoms with E-state index in [9.17, 15) is 18.3 Å². The quantitative estimate of drug-likeness (QED) is 0.579. The van der Waals surface area contributed by atoms with Crippen LogP contribution in [-0.4, -0.2) is 13.5 Å². The Kier molecular flexibility index (Phi) is 3.81. The van der Waals surface area contributed by atoms with E-state index in [0.717, 1.165) is 11.6 Å². The van der Waals surface area contributed by atoms with Gasteiger partial charge in [0.05, 0.1) is 0 Å². The number of phenolic OH excluding ortho intramolecular Hbond substituents is 1. The van der Waals surface area contributed by atoms with Crippen molar-refractivity contribution in [3.05, 3.63) is 64.0 Å². The molecule has 0 amide bonds. The summed E-state index contributed by atoms with van der Waals surface area (Å²) in [5, 5.41) is 10.5. The molecule has 3 rings (SSSR count). The Hall–Kier alpha value is -2.80. The van der Waals surface area contributed by atoms with E-state index in [2.05, 4.69) is 0 Å². The Morgan fingerprint density at radius 1 is 1.04 bits per heavy atom. The van der Waals surface area contributed by atoms with Crippen LogP contribution >= 0.6 is 0 Å². The molecule has 2 aromatic carbocycles. The molecule has 1 aromatic heterocycles. The van der Waals surface area contributed by atoms with Gasteiger partial charge >= 0.3 is 15.7 Å². The number of fused-ring (bicyclic) bond motifs is 1. The SMILES string of the molecule is Cc1ccc(S(=O)(=O)Oc2cc3c(C)cc(=O)oc3cc2O)cc1. The maximum absolute atomic E-state index is 12.3. The minimum absolute atomic E-state index is 0.0242. The number of hydrogen-bond donors (Lipinski definition) is 1. The van der Waals surface area contributed by atoms with E-state index in [0.29, 0.717) is 10.9 Å². The maximum atomic E-state index is 12.3. The Labute approximate surface area is 138 Å². The van der Waals surface area contributed by atoms with Crippen molar-refractivity contribution >= 4 is 21.1 Å². The zero-order chi connectivity index (χ0) is 17.5. The van der Waals surface area contributed by atoms with Gasteiger partial charge in [0.1, 0.15) is 10.5 Å². The van der Waals surface area contributed by atoms with Gasteiger partial charge < -0.3 is 13.7 Å². The average molecular weight is 346 g/mol. The fourth-order valence-electron chi connectivity index (χ4n) is 2.27. The molecule has 124 valence electrons. The second kappa shape index (κ2) is 5.68. The first-order chi connectivity index (χ1) is 11.3. The van der Waals surface area contributed by atoms with Gasteiger partial charge in [0.15, 0.2) is 11.5 Å². The molecule has 0 bridgehead atoms. The van der Waals surface area contributed by atoms with Gasteiger partial charge in [-0.25, -0.2) is 4.79 Å². The van der Waals surface area contributed by atoms with Crippen LogP contribution in [0.1, 0.15) is 11.1 Å². The smallest absolute Gasteiger partial charge is 0.339 e. The molecule has 0 saturated heterocycles. The standard InChI is InChI=1S/C17H14O6S/c1-10-3-5-12(6-4-10)24(20,21)23-16-8-13-11(2)7-17(19)22-15(13)9-14(16)18/h3-9,18H,1-2H3. The van der Waals surface area contributed by atoms with Gasteiger partial charge in [-0.1, -0.05) is 17.7 Å². The van der Waals surface area contributed by atoms with E-state index in [4.69, 9.17) is 8.60 Å². The van der Waals surface area contributed by atoms with Crippen LogP contribution in [0.5, 0.6) is 11.5 Å². The molecule has 1 N–H and O–H groups in total. The largest absolute Gasteiger partial charge is 0.504 e. The second-order valence-corrected chi connectivity index (χ2v) is 6.96. The maximum Gasteiger partial charge on any atom is 0.339 e. The van der Waals surface area contributed by atoms with Gasteiger partial charge in [0.2, 0.25) is 0 Å². The fourth-order valence-corrected chi connectivity index (χ4v) is 3.21. The van der Waals surface area contributed by atoms with Crippen LogP contribution in [0.4, 0.5) is 0 Å². The molecule has 0 fully saturated rings. The van der Waals surface area contributed by atoms with Crippen LogP contribution in [0, 0.1) is 13.8 Å². The Morgan fingerprint density at radius 2 is 1.71 bits per heavy atom. The lowest BCUT2D eigenvalue weighted by atomic mass is 10.1. The summed E-state index contributed by atoms with van der Waals surface area (Å²) in [4.78, 5) is 11.3. The van der Waals surface area contributed by atoms with E-state index >= 15 is 0 Å². The summed E-state index contributed by atoms with van der Waals surface area (Å²) in [6.45, 7) is 3.51. The van der Waals surface area contributed by atoms with Crippen LogP contribution in [-0.2, 0) is 10.1 Å². The highest BCUT2D eigenvalue weighted by atomic mass is 32.2. The van der Waals surface area contributed by atoms with Gasteiger partial charge in [0, 0.05) is 17.5 Å². The lowest BCUT2D eigenvalue weighted by Gasteiger charge is -2.10. The third-order valence-corrected chi connectivity index (χ3v) is 4.79. The first-order valence-electron chi connectivity index (χ1n) is 7.05. The summed E-state index contributed by atoms with van der Waals surface area (Å²) in [7, 11) is -4.09. The molecule has 0 aliphatic carbocycles. The molecule has 3 aromatic rings. The molecule has 0 atom stereocenters. The van der Waals surface area contributed by atoms with Crippen molar-refractivity contribution in [1.82, 2.24) is 0 Å². The summed E-state index contributed by atoms with van der Waals surface area (Å²) >= 11 is 0. The van der Waals surface area contributed by atoms with Crippen molar-refractivity contribution in [1.29, 1.82) is 0 Å². The molecule has 1 heterocycles. The fraction of sp³-hybridized carbons (Fsp3) is 0.118. The molecule has 6 nitrogen and oxygen atoms in total. The summed E-state index contributed by atoms with van der Waals surface area (Å²) in [5.74, 6) is -0.674. The van der Waals surface area contributed by atoms with Crippen LogP contribution in [0.15, 0.2) is 56.6 Å². The number of hydrogen-bond acceptors (Lipinski definition) is 6. The third kappa shape index (κ3) is 2.98. The average Bonchev–Trinajstić information content (AvgIpc) is 2.49. The minimum atomic E-state index is -4.09. The molecule has 0 radical (unpaired) electrons. The van der Waals surface area contributed by atoms with Crippen molar-refractivity contribution < 1.29 is 22.1 Å². The van der Waals surface area contributed by atoms with E-state index in [1.165, 1.54) is 24.3 Å². The van der Waals surface area contributed by atoms with E-state index in [1.807, 2.05) is 6.92 Å². The predicted octanol–water partition coefficient (Wildman–Crippen LogP) is 2.88. The topological polar surface area (TPSA) is 93.8 Å². The van der Waals surface area contributed by atoms with Crippen molar-refractivity contribution in [3.63, 3.8) is 0 Å². The lowest BCUT2D eigenvalue weighted by molar-refractivity contribution is 0.427. The van der Waals surface area contributed by atoms with Crippen molar-refractivity contribution in [3.8, 4) is 11.5 Å².